The van der Waals surface area contributed by atoms with Crippen molar-refractivity contribution in [2.45, 2.75) is 13.0 Å². The maximum Gasteiger partial charge on any atom is 0.203 e. The molecule has 0 radical (unpaired) electrons. The van der Waals surface area contributed by atoms with Gasteiger partial charge in [-0.3, -0.25) is 0 Å². The summed E-state index contributed by atoms with van der Waals surface area (Å²) >= 11 is 0. The molecule has 0 aliphatic rings. The minimum atomic E-state index is 0.366. The van der Waals surface area contributed by atoms with Crippen LogP contribution in [0.5, 0.6) is 0 Å². The van der Waals surface area contributed by atoms with Crippen LogP contribution in [0, 0.1) is 11.3 Å². The molecule has 20 heavy (non-hydrogen) atoms. The zero-order valence-electron chi connectivity index (χ0n) is 11.7. The highest BCUT2D eigenvalue weighted by Crippen LogP contribution is 2.10. The summed E-state index contributed by atoms with van der Waals surface area (Å²) in [5.41, 5.74) is 1.23. The Bertz CT molecular complexity index is 557. The van der Waals surface area contributed by atoms with E-state index >= 15 is 0 Å². The van der Waals surface area contributed by atoms with Crippen LogP contribution in [0.1, 0.15) is 17.9 Å². The van der Waals surface area contributed by atoms with Crippen LogP contribution < -0.4 is 10.2 Å². The molecule has 1 aromatic carbocycles. The van der Waals surface area contributed by atoms with Crippen molar-refractivity contribution in [2.75, 3.05) is 25.0 Å². The van der Waals surface area contributed by atoms with Gasteiger partial charge < -0.3 is 14.6 Å². The highest BCUT2D eigenvalue weighted by Gasteiger charge is 2.01. The summed E-state index contributed by atoms with van der Waals surface area (Å²) in [6.45, 7) is 2.58. The summed E-state index contributed by atoms with van der Waals surface area (Å²) in [5, 5.41) is 12.0. The fourth-order valence-corrected chi connectivity index (χ4v) is 2.00. The molecule has 0 saturated heterocycles. The summed E-state index contributed by atoms with van der Waals surface area (Å²) in [7, 11) is 2.10. The van der Waals surface area contributed by atoms with Crippen LogP contribution in [0.15, 0.2) is 46.9 Å². The lowest BCUT2D eigenvalue weighted by Gasteiger charge is -2.19. The van der Waals surface area contributed by atoms with Crippen molar-refractivity contribution in [1.82, 2.24) is 5.32 Å². The van der Waals surface area contributed by atoms with Gasteiger partial charge >= 0.3 is 0 Å². The molecule has 1 heterocycles. The minimum Gasteiger partial charge on any atom is -0.449 e. The van der Waals surface area contributed by atoms with Gasteiger partial charge in [0.2, 0.25) is 5.76 Å². The average Bonchev–Trinajstić information content (AvgIpc) is 2.95. The molecule has 0 unspecified atom stereocenters. The Morgan fingerprint density at radius 2 is 2.00 bits per heavy atom. The molecule has 2 aromatic rings. The van der Waals surface area contributed by atoms with Crippen LogP contribution in [0.4, 0.5) is 5.69 Å². The van der Waals surface area contributed by atoms with Gasteiger partial charge in [-0.1, -0.05) is 18.2 Å². The Kier molecular flexibility index (Phi) is 5.22. The monoisotopic (exact) mass is 269 g/mol. The van der Waals surface area contributed by atoms with E-state index in [9.17, 15) is 0 Å². The third-order valence-electron chi connectivity index (χ3n) is 3.12. The van der Waals surface area contributed by atoms with Crippen molar-refractivity contribution in [1.29, 1.82) is 5.26 Å². The maximum absolute atomic E-state index is 8.66. The number of nitrogens with zero attached hydrogens (tertiary/aromatic N) is 2. The SMILES string of the molecule is CN(CCCNCc1ccc(C#N)o1)c1ccccc1. The van der Waals surface area contributed by atoms with Crippen molar-refractivity contribution in [2.24, 2.45) is 0 Å². The lowest BCUT2D eigenvalue weighted by molar-refractivity contribution is 0.472. The number of nitrogens with one attached hydrogen (secondary N) is 1. The molecule has 0 saturated carbocycles. The predicted octanol–water partition coefficient (Wildman–Crippen LogP) is 2.77. The quantitative estimate of drug-likeness (QED) is 0.785. The summed E-state index contributed by atoms with van der Waals surface area (Å²) in [6.07, 6.45) is 1.05. The van der Waals surface area contributed by atoms with Gasteiger partial charge in [-0.05, 0) is 37.2 Å². The first kappa shape index (κ1) is 14.2. The minimum absolute atomic E-state index is 0.366. The molecule has 0 spiro atoms. The Hall–Kier alpha value is -2.25. The summed E-state index contributed by atoms with van der Waals surface area (Å²) in [4.78, 5) is 2.24. The zero-order chi connectivity index (χ0) is 14.2. The Morgan fingerprint density at radius 3 is 2.70 bits per heavy atom. The predicted molar refractivity (Wildman–Crippen MR) is 79.5 cm³/mol. The molecule has 0 atom stereocenters. The fourth-order valence-electron chi connectivity index (χ4n) is 2.00. The van der Waals surface area contributed by atoms with Gasteiger partial charge in [-0.25, -0.2) is 0 Å². The van der Waals surface area contributed by atoms with Gasteiger partial charge in [0.25, 0.3) is 0 Å². The van der Waals surface area contributed by atoms with E-state index in [0.717, 1.165) is 25.3 Å². The average molecular weight is 269 g/mol. The summed E-state index contributed by atoms with van der Waals surface area (Å²) < 4.78 is 5.30. The maximum atomic E-state index is 8.66. The molecular weight excluding hydrogens is 250 g/mol. The van der Waals surface area contributed by atoms with E-state index in [-0.39, 0.29) is 0 Å². The van der Waals surface area contributed by atoms with Crippen molar-refractivity contribution in [3.8, 4) is 6.07 Å². The third kappa shape index (κ3) is 4.15. The first-order valence-corrected chi connectivity index (χ1v) is 6.75. The number of nitriles is 1. The largest absolute Gasteiger partial charge is 0.449 e. The molecule has 4 heteroatoms. The molecule has 0 aliphatic heterocycles. The standard InChI is InChI=1S/C16H19N3O/c1-19(14-6-3-2-4-7-14)11-5-10-18-13-16-9-8-15(12-17)20-16/h2-4,6-9,18H,5,10-11,13H2,1H3. The van der Waals surface area contributed by atoms with E-state index in [0.29, 0.717) is 12.3 Å². The molecule has 2 rings (SSSR count). The van der Waals surface area contributed by atoms with Crippen molar-refractivity contribution in [3.63, 3.8) is 0 Å². The smallest absolute Gasteiger partial charge is 0.203 e. The van der Waals surface area contributed by atoms with Crippen LogP contribution in [0.3, 0.4) is 0 Å². The second-order valence-electron chi connectivity index (χ2n) is 4.67. The fraction of sp³-hybridized carbons (Fsp3) is 0.312. The van der Waals surface area contributed by atoms with Gasteiger partial charge in [0.15, 0.2) is 0 Å². The molecule has 4 nitrogen and oxygen atoms in total. The number of benzene rings is 1. The van der Waals surface area contributed by atoms with E-state index < -0.39 is 0 Å². The Morgan fingerprint density at radius 1 is 1.20 bits per heavy atom. The van der Waals surface area contributed by atoms with Crippen molar-refractivity contribution >= 4 is 5.69 Å². The van der Waals surface area contributed by atoms with Crippen LogP contribution in [0.25, 0.3) is 0 Å². The van der Waals surface area contributed by atoms with Gasteiger partial charge in [-0.2, -0.15) is 5.26 Å². The van der Waals surface area contributed by atoms with Crippen LogP contribution in [-0.4, -0.2) is 20.1 Å². The number of hydrogen-bond acceptors (Lipinski definition) is 4. The summed E-state index contributed by atoms with van der Waals surface area (Å²) in [6, 6.07) is 15.9. The topological polar surface area (TPSA) is 52.2 Å². The highest BCUT2D eigenvalue weighted by molar-refractivity contribution is 5.44. The molecule has 1 N–H and O–H groups in total. The van der Waals surface area contributed by atoms with Gasteiger partial charge in [0.05, 0.1) is 6.54 Å². The van der Waals surface area contributed by atoms with E-state index in [1.807, 2.05) is 30.3 Å². The molecular formula is C16H19N3O. The summed E-state index contributed by atoms with van der Waals surface area (Å²) in [5.74, 6) is 1.17. The number of para-hydroxylation sites is 1. The molecule has 104 valence electrons. The normalized spacial score (nSPS) is 10.2. The van der Waals surface area contributed by atoms with Gasteiger partial charge in [0, 0.05) is 19.3 Å². The van der Waals surface area contributed by atoms with E-state index in [2.05, 4.69) is 29.4 Å². The zero-order valence-corrected chi connectivity index (χ0v) is 11.7. The second-order valence-corrected chi connectivity index (χ2v) is 4.67. The molecule has 0 bridgehead atoms. The van der Waals surface area contributed by atoms with Crippen molar-refractivity contribution in [3.05, 3.63) is 54.0 Å². The molecule has 0 amide bonds. The van der Waals surface area contributed by atoms with E-state index in [1.165, 1.54) is 5.69 Å². The van der Waals surface area contributed by atoms with Gasteiger partial charge in [0.1, 0.15) is 11.8 Å². The van der Waals surface area contributed by atoms with Crippen molar-refractivity contribution < 1.29 is 4.42 Å². The highest BCUT2D eigenvalue weighted by atomic mass is 16.3. The van der Waals surface area contributed by atoms with Crippen LogP contribution in [0.2, 0.25) is 0 Å². The number of furan rings is 1. The molecule has 1 aromatic heterocycles. The lowest BCUT2D eigenvalue weighted by atomic mass is 10.3. The lowest BCUT2D eigenvalue weighted by Crippen LogP contribution is -2.23. The number of rotatable bonds is 7. The van der Waals surface area contributed by atoms with E-state index in [4.69, 9.17) is 9.68 Å². The Balaban J connectivity index is 1.63. The van der Waals surface area contributed by atoms with Crippen LogP contribution >= 0.6 is 0 Å². The van der Waals surface area contributed by atoms with E-state index in [1.54, 1.807) is 6.07 Å². The first-order valence-electron chi connectivity index (χ1n) is 6.75. The molecule has 0 fully saturated rings. The Labute approximate surface area is 119 Å². The third-order valence-corrected chi connectivity index (χ3v) is 3.12. The molecule has 0 aliphatic carbocycles. The first-order chi connectivity index (χ1) is 9.79. The second kappa shape index (κ2) is 7.37. The number of anilines is 1. The van der Waals surface area contributed by atoms with Gasteiger partial charge in [-0.15, -0.1) is 0 Å². The van der Waals surface area contributed by atoms with Crippen LogP contribution in [-0.2, 0) is 6.54 Å². The number of hydrogen-bond donors (Lipinski definition) is 1.